The maximum Gasteiger partial charge on any atom is 0.338 e. The number of ether oxygens (including phenoxy) is 1. The first-order valence-corrected chi connectivity index (χ1v) is 5.18. The van der Waals surface area contributed by atoms with Gasteiger partial charge in [-0.3, -0.25) is 0 Å². The molecule has 17 heavy (non-hydrogen) atoms. The molecule has 0 heterocycles. The minimum atomic E-state index is -2.86. The van der Waals surface area contributed by atoms with Gasteiger partial charge in [0.15, 0.2) is 0 Å². The second-order valence-corrected chi connectivity index (χ2v) is 3.41. The summed E-state index contributed by atoms with van der Waals surface area (Å²) in [6, 6.07) is 3.09. The Labute approximate surface area is 98.5 Å². The molecule has 0 aliphatic carbocycles. The van der Waals surface area contributed by atoms with Crippen molar-refractivity contribution in [2.24, 2.45) is 0 Å². The molecule has 1 aromatic rings. The van der Waals surface area contributed by atoms with Crippen molar-refractivity contribution in [1.82, 2.24) is 0 Å². The molecule has 0 saturated carbocycles. The van der Waals surface area contributed by atoms with E-state index in [0.717, 1.165) is 25.3 Å². The Morgan fingerprint density at radius 2 is 1.88 bits per heavy atom. The van der Waals surface area contributed by atoms with E-state index in [1.807, 2.05) is 0 Å². The highest BCUT2D eigenvalue weighted by Crippen LogP contribution is 2.18. The SMILES string of the molecule is COC(=O)c1cc(OS(=O)[O-])cc(C(=O)O)c1. The lowest BCUT2D eigenvalue weighted by Gasteiger charge is -2.09. The first kappa shape index (κ1) is 13.1. The van der Waals surface area contributed by atoms with Crippen LogP contribution in [0.15, 0.2) is 18.2 Å². The van der Waals surface area contributed by atoms with Crippen LogP contribution in [0.25, 0.3) is 0 Å². The standard InChI is InChI=1S/C9H8O7S/c1-15-9(12)6-2-5(8(10)11)3-7(4-6)16-17(13)14/h2-4H,1H3,(H,10,11)(H,13,14)/p-1. The van der Waals surface area contributed by atoms with Crippen LogP contribution < -0.4 is 4.18 Å². The molecule has 8 heteroatoms. The quantitative estimate of drug-likeness (QED) is 0.612. The number of hydrogen-bond acceptors (Lipinski definition) is 6. The second-order valence-electron chi connectivity index (χ2n) is 2.83. The Hall–Kier alpha value is -1.93. The fourth-order valence-electron chi connectivity index (χ4n) is 1.08. The zero-order chi connectivity index (χ0) is 13.0. The van der Waals surface area contributed by atoms with Gasteiger partial charge in [0.05, 0.1) is 18.2 Å². The number of carbonyl (C=O) groups excluding carboxylic acids is 1. The summed E-state index contributed by atoms with van der Waals surface area (Å²) < 4.78 is 29.3. The van der Waals surface area contributed by atoms with Gasteiger partial charge in [0.25, 0.3) is 0 Å². The van der Waals surface area contributed by atoms with Gasteiger partial charge in [-0.1, -0.05) is 0 Å². The van der Waals surface area contributed by atoms with E-state index in [0.29, 0.717) is 0 Å². The Morgan fingerprint density at radius 1 is 1.29 bits per heavy atom. The van der Waals surface area contributed by atoms with Gasteiger partial charge in [0.2, 0.25) is 0 Å². The van der Waals surface area contributed by atoms with Crippen LogP contribution in [0.1, 0.15) is 20.7 Å². The van der Waals surface area contributed by atoms with E-state index in [9.17, 15) is 18.4 Å². The number of carbonyl (C=O) groups is 2. The molecule has 0 aliphatic rings. The van der Waals surface area contributed by atoms with Crippen molar-refractivity contribution in [3.8, 4) is 5.75 Å². The molecule has 7 nitrogen and oxygen atoms in total. The van der Waals surface area contributed by atoms with Crippen molar-refractivity contribution in [2.45, 2.75) is 0 Å². The van der Waals surface area contributed by atoms with Crippen LogP contribution >= 0.6 is 0 Å². The average molecular weight is 259 g/mol. The van der Waals surface area contributed by atoms with Crippen molar-refractivity contribution in [3.63, 3.8) is 0 Å². The number of carboxylic acid groups (broad SMARTS) is 1. The largest absolute Gasteiger partial charge is 0.740 e. The molecular weight excluding hydrogens is 252 g/mol. The molecule has 92 valence electrons. The molecule has 0 aromatic heterocycles. The summed E-state index contributed by atoms with van der Waals surface area (Å²) in [5.41, 5.74) is -0.402. The van der Waals surface area contributed by atoms with Gasteiger partial charge in [-0.25, -0.2) is 13.8 Å². The van der Waals surface area contributed by atoms with Crippen molar-refractivity contribution in [2.75, 3.05) is 7.11 Å². The average Bonchev–Trinajstić information content (AvgIpc) is 2.26. The van der Waals surface area contributed by atoms with Crippen LogP contribution in [0.5, 0.6) is 5.75 Å². The number of benzene rings is 1. The summed E-state index contributed by atoms with van der Waals surface area (Å²) in [7, 11) is 1.11. The van der Waals surface area contributed by atoms with Crippen LogP contribution in [0, 0.1) is 0 Å². The van der Waals surface area contributed by atoms with Crippen molar-refractivity contribution >= 4 is 23.3 Å². The molecule has 0 bridgehead atoms. The summed E-state index contributed by atoms with van der Waals surface area (Å²) in [5, 5.41) is 8.76. The molecule has 0 saturated heterocycles. The van der Waals surface area contributed by atoms with Gasteiger partial charge >= 0.3 is 11.9 Å². The second kappa shape index (κ2) is 5.41. The van der Waals surface area contributed by atoms with Gasteiger partial charge in [-0.05, 0) is 18.2 Å². The number of methoxy groups -OCH3 is 1. The van der Waals surface area contributed by atoms with Crippen LogP contribution in [-0.2, 0) is 16.1 Å². The number of hydrogen-bond donors (Lipinski definition) is 1. The zero-order valence-electron chi connectivity index (χ0n) is 8.54. The zero-order valence-corrected chi connectivity index (χ0v) is 9.35. The minimum absolute atomic E-state index is 0.118. The van der Waals surface area contributed by atoms with E-state index in [4.69, 9.17) is 5.11 Å². The third-order valence-corrected chi connectivity index (χ3v) is 2.07. The minimum Gasteiger partial charge on any atom is -0.740 e. The predicted molar refractivity (Wildman–Crippen MR) is 54.3 cm³/mol. The van der Waals surface area contributed by atoms with E-state index in [2.05, 4.69) is 8.92 Å². The molecule has 0 fully saturated rings. The van der Waals surface area contributed by atoms with Gasteiger partial charge < -0.3 is 18.6 Å². The molecule has 1 unspecified atom stereocenters. The highest BCUT2D eigenvalue weighted by Gasteiger charge is 2.13. The summed E-state index contributed by atoms with van der Waals surface area (Å²) >= 11 is -2.86. The van der Waals surface area contributed by atoms with E-state index >= 15 is 0 Å². The van der Waals surface area contributed by atoms with Gasteiger partial charge in [0.1, 0.15) is 17.1 Å². The molecule has 0 spiro atoms. The van der Waals surface area contributed by atoms with Crippen LogP contribution in [-0.4, -0.2) is 32.9 Å². The van der Waals surface area contributed by atoms with Crippen molar-refractivity contribution in [3.05, 3.63) is 29.3 Å². The highest BCUT2D eigenvalue weighted by atomic mass is 32.2. The maximum absolute atomic E-state index is 11.2. The third kappa shape index (κ3) is 3.54. The number of rotatable bonds is 4. The van der Waals surface area contributed by atoms with Crippen LogP contribution in [0.4, 0.5) is 0 Å². The molecule has 0 amide bonds. The highest BCUT2D eigenvalue weighted by molar-refractivity contribution is 7.74. The number of aromatic carboxylic acids is 1. The summed E-state index contributed by atoms with van der Waals surface area (Å²) in [4.78, 5) is 21.9. The van der Waals surface area contributed by atoms with E-state index in [1.54, 1.807) is 0 Å². The Morgan fingerprint density at radius 3 is 2.35 bits per heavy atom. The fourth-order valence-corrected chi connectivity index (χ4v) is 1.34. The molecule has 1 N–H and O–H groups in total. The lowest BCUT2D eigenvalue weighted by Crippen LogP contribution is -2.07. The third-order valence-electron chi connectivity index (χ3n) is 1.74. The van der Waals surface area contributed by atoms with Gasteiger partial charge in [0, 0.05) is 0 Å². The van der Waals surface area contributed by atoms with Crippen LogP contribution in [0.2, 0.25) is 0 Å². The normalized spacial score (nSPS) is 11.6. The Kier molecular flexibility index (Phi) is 4.18. The molecule has 1 aromatic carbocycles. The molecular formula is C9H7O7S-. The van der Waals surface area contributed by atoms with Gasteiger partial charge in [-0.2, -0.15) is 0 Å². The summed E-state index contributed by atoms with van der Waals surface area (Å²) in [6.45, 7) is 0. The van der Waals surface area contributed by atoms with Crippen molar-refractivity contribution in [1.29, 1.82) is 0 Å². The monoisotopic (exact) mass is 259 g/mol. The number of esters is 1. The van der Waals surface area contributed by atoms with E-state index in [-0.39, 0.29) is 16.9 Å². The lowest BCUT2D eigenvalue weighted by molar-refractivity contribution is 0.0600. The van der Waals surface area contributed by atoms with Crippen LogP contribution in [0.3, 0.4) is 0 Å². The predicted octanol–water partition coefficient (Wildman–Crippen LogP) is 0.344. The fraction of sp³-hybridized carbons (Fsp3) is 0.111. The van der Waals surface area contributed by atoms with Gasteiger partial charge in [-0.15, -0.1) is 0 Å². The summed E-state index contributed by atoms with van der Waals surface area (Å²) in [6.07, 6.45) is 0. The molecule has 0 radical (unpaired) electrons. The first-order valence-electron chi connectivity index (χ1n) is 4.18. The first-order chi connectivity index (χ1) is 7.93. The summed E-state index contributed by atoms with van der Waals surface area (Å²) in [5.74, 6) is -2.40. The smallest absolute Gasteiger partial charge is 0.338 e. The molecule has 0 aliphatic heterocycles. The molecule has 1 atom stereocenters. The van der Waals surface area contributed by atoms with E-state index < -0.39 is 23.3 Å². The van der Waals surface area contributed by atoms with Crippen molar-refractivity contribution < 1.29 is 32.4 Å². The number of carboxylic acids is 1. The van der Waals surface area contributed by atoms with E-state index in [1.165, 1.54) is 0 Å². The maximum atomic E-state index is 11.2. The Balaban J connectivity index is 3.23. The lowest BCUT2D eigenvalue weighted by atomic mass is 10.1. The topological polar surface area (TPSA) is 113 Å². The molecule has 1 rings (SSSR count). The Bertz CT molecular complexity index is 482.